The minimum absolute atomic E-state index is 0.385. The fourth-order valence-corrected chi connectivity index (χ4v) is 2.28. The van der Waals surface area contributed by atoms with Gasteiger partial charge in [0, 0.05) is 0 Å². The molecule has 0 radical (unpaired) electrons. The van der Waals surface area contributed by atoms with Gasteiger partial charge < -0.3 is 15.2 Å². The Hall–Kier alpha value is -2.14. The zero-order chi connectivity index (χ0) is 14.7. The van der Waals surface area contributed by atoms with E-state index < -0.39 is 0 Å². The summed E-state index contributed by atoms with van der Waals surface area (Å²) < 4.78 is 10.3. The molecule has 1 aromatic heterocycles. The van der Waals surface area contributed by atoms with Gasteiger partial charge >= 0.3 is 0 Å². The zero-order valence-corrected chi connectivity index (χ0v) is 12.2. The lowest BCUT2D eigenvalue weighted by atomic mass is 9.95. The van der Waals surface area contributed by atoms with Crippen LogP contribution in [0, 0.1) is 13.8 Å². The van der Waals surface area contributed by atoms with E-state index in [0.29, 0.717) is 17.5 Å². The molecule has 2 rings (SSSR count). The van der Waals surface area contributed by atoms with E-state index in [2.05, 4.69) is 9.97 Å². The summed E-state index contributed by atoms with van der Waals surface area (Å²) >= 11 is 0. The van der Waals surface area contributed by atoms with Gasteiger partial charge in [0.15, 0.2) is 0 Å². The van der Waals surface area contributed by atoms with E-state index in [9.17, 15) is 0 Å². The van der Waals surface area contributed by atoms with Gasteiger partial charge in [0.1, 0.15) is 5.69 Å². The molecule has 1 atom stereocenters. The quantitative estimate of drug-likeness (QED) is 0.924. The summed E-state index contributed by atoms with van der Waals surface area (Å²) in [6.45, 7) is 4.07. The summed E-state index contributed by atoms with van der Waals surface area (Å²) in [6, 6.07) is 5.69. The molecule has 20 heavy (non-hydrogen) atoms. The Morgan fingerprint density at radius 1 is 1.10 bits per heavy atom. The Bertz CT molecular complexity index is 594. The molecule has 2 N–H and O–H groups in total. The van der Waals surface area contributed by atoms with Gasteiger partial charge in [-0.05, 0) is 30.5 Å². The van der Waals surface area contributed by atoms with Gasteiger partial charge in [-0.25, -0.2) is 4.98 Å². The van der Waals surface area contributed by atoms with Crippen LogP contribution in [0.25, 0.3) is 0 Å². The number of aromatic nitrogens is 2. The Morgan fingerprint density at radius 3 is 2.30 bits per heavy atom. The number of rotatable bonds is 4. The van der Waals surface area contributed by atoms with Crippen LogP contribution < -0.4 is 15.2 Å². The van der Waals surface area contributed by atoms with Crippen molar-refractivity contribution < 1.29 is 9.47 Å². The lowest BCUT2D eigenvalue weighted by Gasteiger charge is -2.18. The number of ether oxygens (including phenoxy) is 2. The number of hydrogen-bond acceptors (Lipinski definition) is 5. The van der Waals surface area contributed by atoms with Crippen molar-refractivity contribution in [2.45, 2.75) is 19.9 Å². The first kappa shape index (κ1) is 14.3. The van der Waals surface area contributed by atoms with Crippen molar-refractivity contribution in [1.29, 1.82) is 0 Å². The van der Waals surface area contributed by atoms with Crippen molar-refractivity contribution in [3.05, 3.63) is 46.8 Å². The third-order valence-corrected chi connectivity index (χ3v) is 3.30. The van der Waals surface area contributed by atoms with Crippen LogP contribution in [-0.4, -0.2) is 24.2 Å². The molecular weight excluding hydrogens is 254 g/mol. The van der Waals surface area contributed by atoms with Gasteiger partial charge in [-0.3, -0.25) is 0 Å². The summed E-state index contributed by atoms with van der Waals surface area (Å²) in [6.07, 6.45) is 1.55. The first-order chi connectivity index (χ1) is 9.58. The maximum atomic E-state index is 6.36. The Kier molecular flexibility index (Phi) is 4.20. The van der Waals surface area contributed by atoms with Crippen molar-refractivity contribution in [3.8, 4) is 11.8 Å². The van der Waals surface area contributed by atoms with Crippen molar-refractivity contribution >= 4 is 0 Å². The third-order valence-electron chi connectivity index (χ3n) is 3.30. The SMILES string of the molecule is COc1cnc(C(N)c2c(C)cccc2C)c(OC)n1. The molecule has 106 valence electrons. The monoisotopic (exact) mass is 273 g/mol. The second-order valence-electron chi connectivity index (χ2n) is 4.59. The predicted molar refractivity (Wildman–Crippen MR) is 77.1 cm³/mol. The van der Waals surface area contributed by atoms with Crippen LogP contribution in [0.2, 0.25) is 0 Å². The average Bonchev–Trinajstić information content (AvgIpc) is 2.46. The summed E-state index contributed by atoms with van der Waals surface area (Å²) in [5.41, 5.74) is 10.3. The van der Waals surface area contributed by atoms with Gasteiger partial charge in [-0.15, -0.1) is 0 Å². The standard InChI is InChI=1S/C15H19N3O2/c1-9-6-5-7-10(2)12(9)13(16)14-15(20-4)18-11(19-3)8-17-14/h5-8,13H,16H2,1-4H3. The Morgan fingerprint density at radius 2 is 1.75 bits per heavy atom. The van der Waals surface area contributed by atoms with Crippen LogP contribution in [0.5, 0.6) is 11.8 Å². The number of benzene rings is 1. The van der Waals surface area contributed by atoms with E-state index in [-0.39, 0.29) is 6.04 Å². The fourth-order valence-electron chi connectivity index (χ4n) is 2.28. The number of hydrogen-bond donors (Lipinski definition) is 1. The molecule has 5 heteroatoms. The van der Waals surface area contributed by atoms with Crippen LogP contribution in [0.1, 0.15) is 28.4 Å². The molecule has 1 heterocycles. The largest absolute Gasteiger partial charge is 0.480 e. The molecule has 0 spiro atoms. The number of aryl methyl sites for hydroxylation is 2. The molecular formula is C15H19N3O2. The van der Waals surface area contributed by atoms with Crippen LogP contribution in [0.3, 0.4) is 0 Å². The van der Waals surface area contributed by atoms with Crippen molar-refractivity contribution in [3.63, 3.8) is 0 Å². The predicted octanol–water partition coefficient (Wildman–Crippen LogP) is 2.16. The molecule has 2 aromatic rings. The second-order valence-corrected chi connectivity index (χ2v) is 4.59. The summed E-state index contributed by atoms with van der Waals surface area (Å²) in [4.78, 5) is 8.57. The number of nitrogens with two attached hydrogens (primary N) is 1. The van der Waals surface area contributed by atoms with Gasteiger partial charge in [-0.2, -0.15) is 4.98 Å². The molecule has 0 aliphatic heterocycles. The molecule has 0 amide bonds. The number of nitrogens with zero attached hydrogens (tertiary/aromatic N) is 2. The van der Waals surface area contributed by atoms with E-state index in [4.69, 9.17) is 15.2 Å². The number of methoxy groups -OCH3 is 2. The molecule has 0 saturated carbocycles. The molecule has 0 aliphatic rings. The van der Waals surface area contributed by atoms with Crippen molar-refractivity contribution in [2.24, 2.45) is 5.73 Å². The van der Waals surface area contributed by atoms with Gasteiger partial charge in [0.2, 0.25) is 11.8 Å². The normalized spacial score (nSPS) is 12.1. The van der Waals surface area contributed by atoms with Gasteiger partial charge in [0.05, 0.1) is 26.5 Å². The fraction of sp³-hybridized carbons (Fsp3) is 0.333. The summed E-state index contributed by atoms with van der Waals surface area (Å²) in [7, 11) is 3.08. The minimum Gasteiger partial charge on any atom is -0.480 e. The molecule has 0 fully saturated rings. The Labute approximate surface area is 118 Å². The zero-order valence-electron chi connectivity index (χ0n) is 12.2. The highest BCUT2D eigenvalue weighted by atomic mass is 16.5. The maximum absolute atomic E-state index is 6.36. The van der Waals surface area contributed by atoms with Crippen LogP contribution >= 0.6 is 0 Å². The first-order valence-corrected chi connectivity index (χ1v) is 6.35. The van der Waals surface area contributed by atoms with E-state index in [1.807, 2.05) is 32.0 Å². The first-order valence-electron chi connectivity index (χ1n) is 6.35. The molecule has 1 unspecified atom stereocenters. The highest BCUT2D eigenvalue weighted by Gasteiger charge is 2.20. The molecule has 5 nitrogen and oxygen atoms in total. The lowest BCUT2D eigenvalue weighted by molar-refractivity contribution is 0.355. The highest BCUT2D eigenvalue weighted by molar-refractivity contribution is 5.42. The Balaban J connectivity index is 2.50. The van der Waals surface area contributed by atoms with E-state index in [1.165, 1.54) is 7.11 Å². The molecule has 0 aliphatic carbocycles. The van der Waals surface area contributed by atoms with Crippen LogP contribution in [-0.2, 0) is 0 Å². The van der Waals surface area contributed by atoms with Crippen molar-refractivity contribution in [2.75, 3.05) is 14.2 Å². The topological polar surface area (TPSA) is 70.3 Å². The molecule has 0 saturated heterocycles. The van der Waals surface area contributed by atoms with E-state index in [1.54, 1.807) is 13.3 Å². The lowest BCUT2D eigenvalue weighted by Crippen LogP contribution is -2.18. The van der Waals surface area contributed by atoms with Crippen molar-refractivity contribution in [1.82, 2.24) is 9.97 Å². The third kappa shape index (κ3) is 2.58. The van der Waals surface area contributed by atoms with E-state index in [0.717, 1.165) is 16.7 Å². The summed E-state index contributed by atoms with van der Waals surface area (Å²) in [5, 5.41) is 0. The van der Waals surface area contributed by atoms with Gasteiger partial charge in [-0.1, -0.05) is 18.2 Å². The van der Waals surface area contributed by atoms with E-state index >= 15 is 0 Å². The minimum atomic E-state index is -0.385. The second kappa shape index (κ2) is 5.88. The molecule has 1 aromatic carbocycles. The van der Waals surface area contributed by atoms with Crippen LogP contribution in [0.4, 0.5) is 0 Å². The van der Waals surface area contributed by atoms with Gasteiger partial charge in [0.25, 0.3) is 0 Å². The summed E-state index contributed by atoms with van der Waals surface area (Å²) in [5.74, 6) is 0.791. The highest BCUT2D eigenvalue weighted by Crippen LogP contribution is 2.30. The maximum Gasteiger partial charge on any atom is 0.240 e. The average molecular weight is 273 g/mol. The molecule has 0 bridgehead atoms. The van der Waals surface area contributed by atoms with Crippen LogP contribution in [0.15, 0.2) is 24.4 Å². The smallest absolute Gasteiger partial charge is 0.240 e.